The molecule has 1 amide bonds. The summed E-state index contributed by atoms with van der Waals surface area (Å²) in [5, 5.41) is 19.8. The lowest BCUT2D eigenvalue weighted by atomic mass is 10.1. The molecule has 1 aliphatic rings. The Balaban J connectivity index is 2.63. The first-order chi connectivity index (χ1) is 8.34. The molecule has 0 bridgehead atoms. The summed E-state index contributed by atoms with van der Waals surface area (Å²) in [6, 6.07) is 0. The van der Waals surface area contributed by atoms with Crippen molar-refractivity contribution in [3.63, 3.8) is 0 Å². The summed E-state index contributed by atoms with van der Waals surface area (Å²) in [6.07, 6.45) is 0.634. The molecule has 102 valence electrons. The second-order valence-electron chi connectivity index (χ2n) is 4.56. The van der Waals surface area contributed by atoms with Gasteiger partial charge < -0.3 is 20.3 Å². The normalized spacial score (nSPS) is 18.9. The number of amides is 1. The zero-order valence-electron chi connectivity index (χ0n) is 10.1. The summed E-state index contributed by atoms with van der Waals surface area (Å²) >= 11 is 0. The summed E-state index contributed by atoms with van der Waals surface area (Å²) in [7, 11) is 0. The Morgan fingerprint density at radius 2 is 1.83 bits per heavy atom. The van der Waals surface area contributed by atoms with Crippen molar-refractivity contribution < 1.29 is 29.3 Å². The number of carbonyl (C=O) groups is 3. The number of ether oxygens (including phenoxy) is 1. The van der Waals surface area contributed by atoms with Crippen LogP contribution in [0.15, 0.2) is 0 Å². The number of carbonyl (C=O) groups excluding carboxylic acids is 1. The van der Waals surface area contributed by atoms with Crippen molar-refractivity contribution in [2.45, 2.75) is 44.8 Å². The largest absolute Gasteiger partial charge is 0.507 e. The molecule has 1 aliphatic carbocycles. The average molecular weight is 259 g/mol. The van der Waals surface area contributed by atoms with Crippen molar-refractivity contribution >= 4 is 18.0 Å². The standard InChI is InChI=1S/C11H17NO6/c1-7(6-8(13)14)9(15)12-11(18-10(16)17)4-2-3-5-11/h7H,2-6H2,1H3,(H,12,15)(H,13,14)(H,16,17). The molecule has 0 radical (unpaired) electrons. The molecule has 0 saturated heterocycles. The molecule has 3 N–H and O–H groups in total. The molecule has 1 fully saturated rings. The molecule has 0 heterocycles. The van der Waals surface area contributed by atoms with E-state index in [2.05, 4.69) is 5.32 Å². The zero-order valence-corrected chi connectivity index (χ0v) is 10.1. The molecule has 1 unspecified atom stereocenters. The van der Waals surface area contributed by atoms with E-state index in [0.717, 1.165) is 12.8 Å². The first-order valence-electron chi connectivity index (χ1n) is 5.80. The van der Waals surface area contributed by atoms with Crippen LogP contribution in [-0.2, 0) is 14.3 Å². The highest BCUT2D eigenvalue weighted by Crippen LogP contribution is 2.31. The van der Waals surface area contributed by atoms with E-state index in [0.29, 0.717) is 12.8 Å². The molecular formula is C11H17NO6. The maximum atomic E-state index is 11.8. The maximum absolute atomic E-state index is 11.8. The fourth-order valence-electron chi connectivity index (χ4n) is 2.07. The summed E-state index contributed by atoms with van der Waals surface area (Å²) < 4.78 is 4.76. The Labute approximate surface area is 104 Å². The lowest BCUT2D eigenvalue weighted by Crippen LogP contribution is -2.51. The van der Waals surface area contributed by atoms with Gasteiger partial charge >= 0.3 is 12.1 Å². The molecule has 0 aliphatic heterocycles. The summed E-state index contributed by atoms with van der Waals surface area (Å²) in [4.78, 5) is 32.9. The number of hydrogen-bond donors (Lipinski definition) is 3. The minimum atomic E-state index is -1.44. The number of hydrogen-bond acceptors (Lipinski definition) is 4. The molecule has 1 atom stereocenters. The molecule has 0 spiro atoms. The SMILES string of the molecule is CC(CC(=O)O)C(=O)NC1(OC(=O)O)CCCC1. The van der Waals surface area contributed by atoms with Crippen LogP contribution in [0.4, 0.5) is 4.79 Å². The molecule has 7 heteroatoms. The fourth-order valence-corrected chi connectivity index (χ4v) is 2.07. The van der Waals surface area contributed by atoms with Crippen LogP contribution < -0.4 is 5.32 Å². The smallest absolute Gasteiger partial charge is 0.481 e. The number of nitrogens with one attached hydrogen (secondary N) is 1. The van der Waals surface area contributed by atoms with Crippen molar-refractivity contribution in [1.82, 2.24) is 5.32 Å². The monoisotopic (exact) mass is 259 g/mol. The van der Waals surface area contributed by atoms with E-state index < -0.39 is 29.7 Å². The number of carboxylic acid groups (broad SMARTS) is 2. The fraction of sp³-hybridized carbons (Fsp3) is 0.727. The minimum Gasteiger partial charge on any atom is -0.481 e. The Kier molecular flexibility index (Phi) is 4.52. The average Bonchev–Trinajstić information content (AvgIpc) is 2.63. The predicted molar refractivity (Wildman–Crippen MR) is 59.9 cm³/mol. The van der Waals surface area contributed by atoms with E-state index in [9.17, 15) is 14.4 Å². The van der Waals surface area contributed by atoms with Crippen molar-refractivity contribution in [2.24, 2.45) is 5.92 Å². The van der Waals surface area contributed by atoms with Gasteiger partial charge in [-0.2, -0.15) is 0 Å². The highest BCUT2D eigenvalue weighted by atomic mass is 16.7. The van der Waals surface area contributed by atoms with Gasteiger partial charge in [-0.25, -0.2) is 4.79 Å². The van der Waals surface area contributed by atoms with Gasteiger partial charge in [0.1, 0.15) is 0 Å². The number of carboxylic acids is 1. The maximum Gasteiger partial charge on any atom is 0.507 e. The van der Waals surface area contributed by atoms with E-state index in [1.165, 1.54) is 6.92 Å². The van der Waals surface area contributed by atoms with E-state index >= 15 is 0 Å². The van der Waals surface area contributed by atoms with Gasteiger partial charge in [-0.1, -0.05) is 6.92 Å². The van der Waals surface area contributed by atoms with Gasteiger partial charge in [-0.3, -0.25) is 9.59 Å². The first kappa shape index (κ1) is 14.3. The topological polar surface area (TPSA) is 113 Å². The second-order valence-corrected chi connectivity index (χ2v) is 4.56. The molecular weight excluding hydrogens is 242 g/mol. The molecule has 7 nitrogen and oxygen atoms in total. The lowest BCUT2D eigenvalue weighted by Gasteiger charge is -2.29. The van der Waals surface area contributed by atoms with Gasteiger partial charge in [0.05, 0.1) is 6.42 Å². The minimum absolute atomic E-state index is 0.297. The van der Waals surface area contributed by atoms with Gasteiger partial charge in [-0.15, -0.1) is 0 Å². The van der Waals surface area contributed by atoms with Crippen molar-refractivity contribution in [3.05, 3.63) is 0 Å². The third-order valence-electron chi connectivity index (χ3n) is 2.97. The van der Waals surface area contributed by atoms with E-state index in [1.807, 2.05) is 0 Å². The third kappa shape index (κ3) is 3.90. The van der Waals surface area contributed by atoms with Crippen LogP contribution in [0, 0.1) is 5.92 Å². The molecule has 1 saturated carbocycles. The first-order valence-corrected chi connectivity index (χ1v) is 5.80. The number of aliphatic carboxylic acids is 1. The van der Waals surface area contributed by atoms with Gasteiger partial charge in [0, 0.05) is 18.8 Å². The number of rotatable bonds is 5. The molecule has 0 aromatic carbocycles. The highest BCUT2D eigenvalue weighted by molar-refractivity contribution is 5.83. The Hall–Kier alpha value is -1.79. The van der Waals surface area contributed by atoms with Gasteiger partial charge in [0.2, 0.25) is 5.91 Å². The Bertz CT molecular complexity index is 347. The molecule has 0 aromatic heterocycles. The summed E-state index contributed by atoms with van der Waals surface area (Å²) in [6.45, 7) is 1.48. The van der Waals surface area contributed by atoms with Crippen molar-refractivity contribution in [1.29, 1.82) is 0 Å². The second kappa shape index (κ2) is 5.70. The van der Waals surface area contributed by atoms with Crippen LogP contribution in [0.1, 0.15) is 39.0 Å². The molecule has 18 heavy (non-hydrogen) atoms. The lowest BCUT2D eigenvalue weighted by molar-refractivity contribution is -0.143. The van der Waals surface area contributed by atoms with Gasteiger partial charge in [-0.05, 0) is 12.8 Å². The van der Waals surface area contributed by atoms with Crippen LogP contribution in [0.25, 0.3) is 0 Å². The quantitative estimate of drug-likeness (QED) is 0.504. The van der Waals surface area contributed by atoms with E-state index in [4.69, 9.17) is 14.9 Å². The summed E-state index contributed by atoms with van der Waals surface area (Å²) in [5.74, 6) is -2.30. The van der Waals surface area contributed by atoms with Crippen molar-refractivity contribution in [2.75, 3.05) is 0 Å². The van der Waals surface area contributed by atoms with Crippen LogP contribution in [0.5, 0.6) is 0 Å². The van der Waals surface area contributed by atoms with Crippen LogP contribution in [0.2, 0.25) is 0 Å². The van der Waals surface area contributed by atoms with Crippen LogP contribution >= 0.6 is 0 Å². The molecule has 1 rings (SSSR count). The molecule has 0 aromatic rings. The Morgan fingerprint density at radius 3 is 2.28 bits per heavy atom. The van der Waals surface area contributed by atoms with E-state index in [-0.39, 0.29) is 6.42 Å². The van der Waals surface area contributed by atoms with Crippen LogP contribution in [-0.4, -0.2) is 34.0 Å². The van der Waals surface area contributed by atoms with Gasteiger partial charge in [0.25, 0.3) is 0 Å². The summed E-state index contributed by atoms with van der Waals surface area (Å²) in [5.41, 5.74) is -1.18. The van der Waals surface area contributed by atoms with Crippen molar-refractivity contribution in [3.8, 4) is 0 Å². The van der Waals surface area contributed by atoms with Gasteiger partial charge in [0.15, 0.2) is 5.72 Å². The predicted octanol–water partition coefficient (Wildman–Crippen LogP) is 1.18. The van der Waals surface area contributed by atoms with E-state index in [1.54, 1.807) is 0 Å². The zero-order chi connectivity index (χ0) is 13.8. The Morgan fingerprint density at radius 1 is 1.28 bits per heavy atom. The van der Waals surface area contributed by atoms with Crippen LogP contribution in [0.3, 0.4) is 0 Å². The third-order valence-corrected chi connectivity index (χ3v) is 2.97. The highest BCUT2D eigenvalue weighted by Gasteiger charge is 2.40.